The van der Waals surface area contributed by atoms with Crippen LogP contribution >= 0.6 is 0 Å². The van der Waals surface area contributed by atoms with E-state index in [-0.39, 0.29) is 18.1 Å². The number of carbonyl (C=O) groups is 1. The van der Waals surface area contributed by atoms with Gasteiger partial charge in [-0.2, -0.15) is 10.1 Å². The number of hydrazone groups is 1. The van der Waals surface area contributed by atoms with Gasteiger partial charge in [-0.05, 0) is 43.3 Å². The van der Waals surface area contributed by atoms with Gasteiger partial charge in [-0.3, -0.25) is 5.43 Å². The number of ether oxygens (including phenoxy) is 2. The van der Waals surface area contributed by atoms with Gasteiger partial charge >= 0.3 is 11.7 Å². The SMILES string of the molecule is CCOC(=O)/C(=N\Nc1nc(=O)[nH]c2ccccc12)c1ccc(OC)cc1. The third-order valence-electron chi connectivity index (χ3n) is 3.74. The molecule has 0 spiro atoms. The van der Waals surface area contributed by atoms with Crippen molar-refractivity contribution in [3.8, 4) is 5.75 Å². The standard InChI is InChI=1S/C19H18N4O4/c1-3-27-18(24)16(12-8-10-13(26-2)11-9-12)22-23-17-14-6-4-5-7-15(14)20-19(25)21-17/h4-11H,3H2,1-2H3,(H2,20,21,23,25)/b22-16-. The molecule has 8 heteroatoms. The molecule has 27 heavy (non-hydrogen) atoms. The molecule has 2 N–H and O–H groups in total. The van der Waals surface area contributed by atoms with Crippen molar-refractivity contribution in [3.05, 3.63) is 64.6 Å². The first kappa shape index (κ1) is 18.1. The second-order valence-corrected chi connectivity index (χ2v) is 5.46. The van der Waals surface area contributed by atoms with E-state index in [1.807, 2.05) is 6.07 Å². The molecule has 0 bridgehead atoms. The minimum Gasteiger partial charge on any atom is -0.497 e. The third-order valence-corrected chi connectivity index (χ3v) is 3.74. The molecule has 8 nitrogen and oxygen atoms in total. The lowest BCUT2D eigenvalue weighted by Crippen LogP contribution is -2.21. The van der Waals surface area contributed by atoms with Crippen molar-refractivity contribution < 1.29 is 14.3 Å². The average molecular weight is 366 g/mol. The number of carbonyl (C=O) groups excluding carboxylic acids is 1. The monoisotopic (exact) mass is 366 g/mol. The quantitative estimate of drug-likeness (QED) is 0.394. The number of hydrogen-bond acceptors (Lipinski definition) is 7. The van der Waals surface area contributed by atoms with Crippen molar-refractivity contribution in [2.45, 2.75) is 6.92 Å². The Balaban J connectivity index is 2.01. The molecule has 0 radical (unpaired) electrons. The zero-order valence-corrected chi connectivity index (χ0v) is 14.9. The number of aromatic amines is 1. The van der Waals surface area contributed by atoms with Gasteiger partial charge in [0.1, 0.15) is 5.75 Å². The van der Waals surface area contributed by atoms with Crippen LogP contribution in [0.25, 0.3) is 10.9 Å². The molecule has 1 heterocycles. The number of fused-ring (bicyclic) bond motifs is 1. The second kappa shape index (κ2) is 8.13. The van der Waals surface area contributed by atoms with E-state index in [1.54, 1.807) is 56.5 Å². The Morgan fingerprint density at radius 1 is 1.19 bits per heavy atom. The molecule has 138 valence electrons. The third kappa shape index (κ3) is 4.12. The molecule has 0 aliphatic heterocycles. The molecular weight excluding hydrogens is 348 g/mol. The Morgan fingerprint density at radius 2 is 1.93 bits per heavy atom. The summed E-state index contributed by atoms with van der Waals surface area (Å²) in [6, 6.07) is 14.0. The van der Waals surface area contributed by atoms with Gasteiger partial charge in [-0.15, -0.1) is 0 Å². The summed E-state index contributed by atoms with van der Waals surface area (Å²) >= 11 is 0. The summed E-state index contributed by atoms with van der Waals surface area (Å²) in [5.41, 5.74) is 3.41. The Morgan fingerprint density at radius 3 is 2.63 bits per heavy atom. The van der Waals surface area contributed by atoms with Crippen molar-refractivity contribution >= 4 is 28.4 Å². The van der Waals surface area contributed by atoms with Gasteiger partial charge in [0.15, 0.2) is 11.5 Å². The van der Waals surface area contributed by atoms with Crippen LogP contribution in [0.2, 0.25) is 0 Å². The maximum absolute atomic E-state index is 12.3. The number of hydrogen-bond donors (Lipinski definition) is 2. The maximum Gasteiger partial charge on any atom is 0.359 e. The first-order valence-corrected chi connectivity index (χ1v) is 8.26. The zero-order valence-electron chi connectivity index (χ0n) is 14.9. The van der Waals surface area contributed by atoms with E-state index in [2.05, 4.69) is 20.5 Å². The van der Waals surface area contributed by atoms with Crippen LogP contribution in [0.3, 0.4) is 0 Å². The van der Waals surface area contributed by atoms with Crippen LogP contribution in [0.5, 0.6) is 5.75 Å². The van der Waals surface area contributed by atoms with Gasteiger partial charge in [-0.25, -0.2) is 9.59 Å². The Labute approximate surface area is 154 Å². The number of aromatic nitrogens is 2. The molecular formula is C19H18N4O4. The number of nitrogens with zero attached hydrogens (tertiary/aromatic N) is 2. The molecule has 3 aromatic rings. The number of nitrogens with one attached hydrogen (secondary N) is 2. The van der Waals surface area contributed by atoms with E-state index in [0.29, 0.717) is 22.2 Å². The van der Waals surface area contributed by atoms with Gasteiger partial charge in [-0.1, -0.05) is 12.1 Å². The van der Waals surface area contributed by atoms with Gasteiger partial charge in [0.25, 0.3) is 0 Å². The van der Waals surface area contributed by atoms with E-state index < -0.39 is 11.7 Å². The summed E-state index contributed by atoms with van der Waals surface area (Å²) in [5, 5.41) is 4.83. The van der Waals surface area contributed by atoms with Crippen LogP contribution in [-0.4, -0.2) is 35.4 Å². The summed E-state index contributed by atoms with van der Waals surface area (Å²) in [6.07, 6.45) is 0. The molecule has 0 fully saturated rings. The maximum atomic E-state index is 12.3. The lowest BCUT2D eigenvalue weighted by atomic mass is 10.1. The smallest absolute Gasteiger partial charge is 0.359 e. The van der Waals surface area contributed by atoms with Gasteiger partial charge in [0.2, 0.25) is 0 Å². The fraction of sp³-hybridized carbons (Fsp3) is 0.158. The highest BCUT2D eigenvalue weighted by Gasteiger charge is 2.16. The van der Waals surface area contributed by atoms with E-state index in [1.165, 1.54) is 0 Å². The molecule has 3 rings (SSSR count). The van der Waals surface area contributed by atoms with Crippen molar-refractivity contribution in [2.24, 2.45) is 5.10 Å². The summed E-state index contributed by atoms with van der Waals surface area (Å²) in [6.45, 7) is 1.92. The van der Waals surface area contributed by atoms with Crippen LogP contribution in [0.15, 0.2) is 58.4 Å². The fourth-order valence-electron chi connectivity index (χ4n) is 2.47. The molecule has 0 amide bonds. The molecule has 0 unspecified atom stereocenters. The average Bonchev–Trinajstić information content (AvgIpc) is 2.68. The summed E-state index contributed by atoms with van der Waals surface area (Å²) in [5.74, 6) is 0.297. The molecule has 0 atom stereocenters. The molecule has 0 aliphatic rings. The van der Waals surface area contributed by atoms with E-state index in [4.69, 9.17) is 9.47 Å². The molecule has 2 aromatic carbocycles. The lowest BCUT2D eigenvalue weighted by Gasteiger charge is -2.09. The Bertz CT molecular complexity index is 1040. The summed E-state index contributed by atoms with van der Waals surface area (Å²) in [7, 11) is 1.56. The number of H-pyrrole nitrogens is 1. The first-order chi connectivity index (χ1) is 13.1. The largest absolute Gasteiger partial charge is 0.497 e. The van der Waals surface area contributed by atoms with Crippen LogP contribution in [0, 0.1) is 0 Å². The number of rotatable bonds is 6. The van der Waals surface area contributed by atoms with Crippen molar-refractivity contribution in [3.63, 3.8) is 0 Å². The lowest BCUT2D eigenvalue weighted by molar-refractivity contribution is -0.134. The van der Waals surface area contributed by atoms with E-state index >= 15 is 0 Å². The van der Waals surface area contributed by atoms with Gasteiger partial charge in [0, 0.05) is 10.9 Å². The molecule has 0 saturated heterocycles. The topological polar surface area (TPSA) is 106 Å². The van der Waals surface area contributed by atoms with Crippen LogP contribution in [-0.2, 0) is 9.53 Å². The number of esters is 1. The van der Waals surface area contributed by atoms with Crippen LogP contribution in [0.1, 0.15) is 12.5 Å². The van der Waals surface area contributed by atoms with Gasteiger partial charge < -0.3 is 14.5 Å². The van der Waals surface area contributed by atoms with E-state index in [9.17, 15) is 9.59 Å². The molecule has 0 saturated carbocycles. The van der Waals surface area contributed by atoms with Crippen molar-refractivity contribution in [2.75, 3.05) is 19.1 Å². The molecule has 1 aromatic heterocycles. The minimum absolute atomic E-state index is 0.0608. The summed E-state index contributed by atoms with van der Waals surface area (Å²) < 4.78 is 10.2. The molecule has 0 aliphatic carbocycles. The number of para-hydroxylation sites is 1. The van der Waals surface area contributed by atoms with Crippen molar-refractivity contribution in [1.29, 1.82) is 0 Å². The normalized spacial score (nSPS) is 11.3. The highest BCUT2D eigenvalue weighted by atomic mass is 16.5. The van der Waals surface area contributed by atoms with Gasteiger partial charge in [0.05, 0.1) is 19.2 Å². The highest BCUT2D eigenvalue weighted by molar-refractivity contribution is 6.43. The highest BCUT2D eigenvalue weighted by Crippen LogP contribution is 2.18. The Kier molecular flexibility index (Phi) is 5.46. The zero-order chi connectivity index (χ0) is 19.2. The predicted octanol–water partition coefficient (Wildman–Crippen LogP) is 2.31. The van der Waals surface area contributed by atoms with Crippen molar-refractivity contribution in [1.82, 2.24) is 9.97 Å². The second-order valence-electron chi connectivity index (χ2n) is 5.46. The van der Waals surface area contributed by atoms with E-state index in [0.717, 1.165) is 0 Å². The predicted molar refractivity (Wildman–Crippen MR) is 102 cm³/mol. The minimum atomic E-state index is -0.593. The Hall–Kier alpha value is -3.68. The fourth-order valence-corrected chi connectivity index (χ4v) is 2.47. The first-order valence-electron chi connectivity index (χ1n) is 8.26. The summed E-state index contributed by atoms with van der Waals surface area (Å²) in [4.78, 5) is 30.6. The number of benzene rings is 2. The number of anilines is 1. The van der Waals surface area contributed by atoms with Crippen LogP contribution < -0.4 is 15.9 Å². The number of methoxy groups -OCH3 is 1. The van der Waals surface area contributed by atoms with Crippen LogP contribution in [0.4, 0.5) is 5.82 Å².